The molecule has 1 aliphatic heterocycles. The largest absolute Gasteiger partial charge is 0.492 e. The fourth-order valence-electron chi connectivity index (χ4n) is 5.69. The second kappa shape index (κ2) is 15.8. The van der Waals surface area contributed by atoms with Crippen LogP contribution in [0, 0.1) is 6.92 Å². The Balaban J connectivity index is 1.65. The molecule has 4 rings (SSSR count). The SMILES string of the molecule is C=CNc1ccc(C2CCN(CCOC)CC2)nc1C(N)=Nc1cc(C(=O)Nc2cc(C(C)(C)C)cc(NS(C)(=O)=O)c2OC)ccc1C. The average Bonchev–Trinajstić information content (AvgIpc) is 3.04. The first kappa shape index (κ1) is 37.4. The summed E-state index contributed by atoms with van der Waals surface area (Å²) in [6.07, 6.45) is 4.59. The minimum Gasteiger partial charge on any atom is -0.492 e. The maximum atomic E-state index is 13.7. The minimum absolute atomic E-state index is 0.190. The molecule has 0 aliphatic carbocycles. The number of piperidine rings is 1. The van der Waals surface area contributed by atoms with Crippen molar-refractivity contribution in [1.29, 1.82) is 0 Å². The lowest BCUT2D eigenvalue weighted by Gasteiger charge is -2.31. The van der Waals surface area contributed by atoms with E-state index in [4.69, 9.17) is 25.2 Å². The normalized spacial score (nSPS) is 14.7. The summed E-state index contributed by atoms with van der Waals surface area (Å²) in [6, 6.07) is 12.6. The molecule has 49 heavy (non-hydrogen) atoms. The van der Waals surface area contributed by atoms with Gasteiger partial charge in [-0.15, -0.1) is 0 Å². The zero-order valence-electron chi connectivity index (χ0n) is 29.5. The van der Waals surface area contributed by atoms with Gasteiger partial charge in [-0.05, 0) is 92.0 Å². The highest BCUT2D eigenvalue weighted by molar-refractivity contribution is 7.92. The van der Waals surface area contributed by atoms with Gasteiger partial charge in [-0.1, -0.05) is 33.4 Å². The van der Waals surface area contributed by atoms with Gasteiger partial charge in [0.15, 0.2) is 11.6 Å². The highest BCUT2D eigenvalue weighted by atomic mass is 32.2. The van der Waals surface area contributed by atoms with Gasteiger partial charge in [-0.3, -0.25) is 9.52 Å². The number of rotatable bonds is 13. The average molecular weight is 692 g/mol. The molecule has 264 valence electrons. The van der Waals surface area contributed by atoms with E-state index in [0.29, 0.717) is 40.8 Å². The molecule has 0 bridgehead atoms. The molecule has 1 amide bonds. The van der Waals surface area contributed by atoms with E-state index in [-0.39, 0.29) is 22.7 Å². The molecular weight excluding hydrogens is 643 g/mol. The zero-order valence-corrected chi connectivity index (χ0v) is 30.3. The molecule has 0 unspecified atom stereocenters. The van der Waals surface area contributed by atoms with Crippen LogP contribution >= 0.6 is 0 Å². The predicted molar refractivity (Wildman–Crippen MR) is 198 cm³/mol. The van der Waals surface area contributed by atoms with Crippen LogP contribution in [-0.2, 0) is 20.2 Å². The number of pyridine rings is 1. The minimum atomic E-state index is -3.63. The Morgan fingerprint density at radius 3 is 2.41 bits per heavy atom. The molecule has 13 heteroatoms. The molecule has 0 atom stereocenters. The van der Waals surface area contributed by atoms with Crippen LogP contribution in [0.25, 0.3) is 0 Å². The van der Waals surface area contributed by atoms with Gasteiger partial charge in [0.1, 0.15) is 5.69 Å². The first-order valence-corrected chi connectivity index (χ1v) is 18.1. The number of carbonyl (C=O) groups is 1. The predicted octanol–water partition coefficient (Wildman–Crippen LogP) is 5.74. The highest BCUT2D eigenvalue weighted by Gasteiger charge is 2.24. The first-order valence-electron chi connectivity index (χ1n) is 16.2. The summed E-state index contributed by atoms with van der Waals surface area (Å²) in [7, 11) is -0.488. The van der Waals surface area contributed by atoms with Gasteiger partial charge in [0.25, 0.3) is 5.91 Å². The molecule has 1 aliphatic rings. The number of ether oxygens (including phenoxy) is 2. The third-order valence-corrected chi connectivity index (χ3v) is 9.04. The quantitative estimate of drug-likeness (QED) is 0.130. The Hall–Kier alpha value is -4.46. The zero-order chi connectivity index (χ0) is 35.9. The highest BCUT2D eigenvalue weighted by Crippen LogP contribution is 2.39. The molecule has 1 saturated heterocycles. The monoisotopic (exact) mass is 691 g/mol. The van der Waals surface area contributed by atoms with Gasteiger partial charge in [-0.25, -0.2) is 18.4 Å². The van der Waals surface area contributed by atoms with Crippen LogP contribution in [0.15, 0.2) is 60.2 Å². The molecule has 1 fully saturated rings. The number of hydrogen-bond donors (Lipinski definition) is 4. The van der Waals surface area contributed by atoms with E-state index in [1.165, 1.54) is 7.11 Å². The van der Waals surface area contributed by atoms with Gasteiger partial charge < -0.3 is 30.7 Å². The Morgan fingerprint density at radius 2 is 1.80 bits per heavy atom. The van der Waals surface area contributed by atoms with E-state index in [1.54, 1.807) is 43.6 Å². The number of likely N-dealkylation sites (tertiary alicyclic amines) is 1. The van der Waals surface area contributed by atoms with Crippen molar-refractivity contribution in [3.63, 3.8) is 0 Å². The number of nitrogens with two attached hydrogens (primary N) is 1. The summed E-state index contributed by atoms with van der Waals surface area (Å²) in [5.74, 6) is 0.241. The smallest absolute Gasteiger partial charge is 0.255 e. The number of nitrogens with one attached hydrogen (secondary N) is 3. The molecular formula is C36H49N7O5S. The van der Waals surface area contributed by atoms with Crippen LogP contribution in [0.2, 0.25) is 0 Å². The Labute approximate surface area is 290 Å². The van der Waals surface area contributed by atoms with Gasteiger partial charge in [0.2, 0.25) is 10.0 Å². The maximum absolute atomic E-state index is 13.7. The number of amidine groups is 1. The van der Waals surface area contributed by atoms with E-state index in [2.05, 4.69) is 26.8 Å². The van der Waals surface area contributed by atoms with E-state index in [9.17, 15) is 13.2 Å². The van der Waals surface area contributed by atoms with E-state index >= 15 is 0 Å². The topological polar surface area (TPSA) is 160 Å². The number of aromatic nitrogens is 1. The number of methoxy groups -OCH3 is 2. The number of aryl methyl sites for hydroxylation is 1. The van der Waals surface area contributed by atoms with E-state index < -0.39 is 15.9 Å². The number of aliphatic imine (C=N–C) groups is 1. The molecule has 0 saturated carbocycles. The summed E-state index contributed by atoms with van der Waals surface area (Å²) in [6.45, 7) is 15.2. The van der Waals surface area contributed by atoms with E-state index in [0.717, 1.165) is 55.6 Å². The summed E-state index contributed by atoms with van der Waals surface area (Å²) in [4.78, 5) is 25.8. The molecule has 0 radical (unpaired) electrons. The lowest BCUT2D eigenvalue weighted by molar-refractivity contribution is 0.102. The third kappa shape index (κ3) is 9.80. The van der Waals surface area contributed by atoms with Gasteiger partial charge >= 0.3 is 0 Å². The Bertz CT molecular complexity index is 1810. The molecule has 1 aromatic heterocycles. The van der Waals surface area contributed by atoms with Crippen LogP contribution < -0.4 is 25.8 Å². The van der Waals surface area contributed by atoms with Gasteiger partial charge in [-0.2, -0.15) is 0 Å². The first-order chi connectivity index (χ1) is 23.1. The second-order valence-electron chi connectivity index (χ2n) is 13.3. The molecule has 2 heterocycles. The standard InChI is InChI=1S/C36H49N7O5S/c1-9-38-28-13-12-27(24-14-16-43(17-15-24)18-19-47-6)39-32(28)34(37)40-29-20-25(11-10-23(29)2)35(44)41-30-21-26(36(3,4)5)22-31(33(30)48-7)42-49(8,45)46/h9-13,20-22,24,38,42H,1,14-19H2,2-8H3,(H2,37,40)(H,41,44). The number of sulfonamides is 1. The second-order valence-corrected chi connectivity index (χ2v) is 15.0. The van der Waals surface area contributed by atoms with Crippen molar-refractivity contribution in [1.82, 2.24) is 9.88 Å². The molecule has 5 N–H and O–H groups in total. The Morgan fingerprint density at radius 1 is 1.10 bits per heavy atom. The lowest BCUT2D eigenvalue weighted by atomic mass is 9.86. The summed E-state index contributed by atoms with van der Waals surface area (Å²) in [5, 5.41) is 6.03. The molecule has 3 aromatic rings. The van der Waals surface area contributed by atoms with E-state index in [1.807, 2.05) is 39.8 Å². The van der Waals surface area contributed by atoms with Crippen molar-refractivity contribution >= 4 is 44.5 Å². The fraction of sp³-hybridized carbons (Fsp3) is 0.417. The van der Waals surface area contributed by atoms with Crippen LogP contribution in [-0.4, -0.2) is 76.8 Å². The van der Waals surface area contributed by atoms with Crippen molar-refractivity contribution < 1.29 is 22.7 Å². The number of benzene rings is 2. The van der Waals surface area contributed by atoms with Crippen LogP contribution in [0.4, 0.5) is 22.7 Å². The molecule has 12 nitrogen and oxygen atoms in total. The van der Waals surface area contributed by atoms with Gasteiger partial charge in [0, 0.05) is 30.8 Å². The Kier molecular flexibility index (Phi) is 12.1. The van der Waals surface area contributed by atoms with Crippen LogP contribution in [0.1, 0.15) is 72.4 Å². The van der Waals surface area contributed by atoms with Crippen LogP contribution in [0.3, 0.4) is 0 Å². The van der Waals surface area contributed by atoms with Crippen molar-refractivity contribution in [2.75, 3.05) is 62.1 Å². The number of carbonyl (C=O) groups excluding carboxylic acids is 1. The maximum Gasteiger partial charge on any atom is 0.255 e. The fourth-order valence-corrected chi connectivity index (χ4v) is 6.25. The molecule has 2 aromatic carbocycles. The number of hydrogen-bond acceptors (Lipinski definition) is 9. The van der Waals surface area contributed by atoms with Crippen molar-refractivity contribution in [3.05, 3.63) is 83.3 Å². The third-order valence-electron chi connectivity index (χ3n) is 8.45. The lowest BCUT2D eigenvalue weighted by Crippen LogP contribution is -2.35. The van der Waals surface area contributed by atoms with Crippen molar-refractivity contribution in [3.8, 4) is 5.75 Å². The van der Waals surface area contributed by atoms with Gasteiger partial charge in [0.05, 0.1) is 42.7 Å². The summed E-state index contributed by atoms with van der Waals surface area (Å²) in [5.41, 5.74) is 11.4. The molecule has 0 spiro atoms. The number of anilines is 3. The van der Waals surface area contributed by atoms with Crippen molar-refractivity contribution in [2.24, 2.45) is 10.7 Å². The van der Waals surface area contributed by atoms with Crippen LogP contribution in [0.5, 0.6) is 5.75 Å². The number of amides is 1. The summed E-state index contributed by atoms with van der Waals surface area (Å²) < 4.78 is 37.6. The number of nitrogens with zero attached hydrogens (tertiary/aromatic N) is 3. The van der Waals surface area contributed by atoms with Crippen molar-refractivity contribution in [2.45, 2.75) is 51.9 Å². The summed E-state index contributed by atoms with van der Waals surface area (Å²) >= 11 is 0.